The van der Waals surface area contributed by atoms with Crippen LogP contribution in [0.3, 0.4) is 0 Å². The van der Waals surface area contributed by atoms with Crippen molar-refractivity contribution < 1.29 is 31.4 Å². The van der Waals surface area contributed by atoms with Crippen molar-refractivity contribution in [1.29, 1.82) is 0 Å². The summed E-state index contributed by atoms with van der Waals surface area (Å²) in [5.74, 6) is 0. The van der Waals surface area contributed by atoms with Gasteiger partial charge in [-0.3, -0.25) is 0 Å². The summed E-state index contributed by atoms with van der Waals surface area (Å²) >= 11 is 1.83. The molecule has 0 atom stereocenters. The number of aryl methyl sites for hydroxylation is 1. The van der Waals surface area contributed by atoms with Crippen LogP contribution in [-0.4, -0.2) is 8.42 Å². The summed E-state index contributed by atoms with van der Waals surface area (Å²) in [6, 6.07) is 3.79. The molecule has 0 fully saturated rings. The van der Waals surface area contributed by atoms with E-state index in [1.165, 1.54) is 0 Å². The van der Waals surface area contributed by atoms with Crippen LogP contribution in [0, 0.1) is 6.92 Å². The van der Waals surface area contributed by atoms with E-state index in [1.54, 1.807) is 6.20 Å². The molecule has 6 heteroatoms. The van der Waals surface area contributed by atoms with Gasteiger partial charge in [0.15, 0.2) is 0 Å². The van der Waals surface area contributed by atoms with Gasteiger partial charge in [-0.1, -0.05) is 17.7 Å². The lowest BCUT2D eigenvalue weighted by Crippen LogP contribution is -3.98. The highest BCUT2D eigenvalue weighted by molar-refractivity contribution is 6.30. The predicted octanol–water partition coefficient (Wildman–Crippen LogP) is -3.89. The lowest BCUT2D eigenvalue weighted by molar-refractivity contribution is -1.63. The van der Waals surface area contributed by atoms with Crippen molar-refractivity contribution in [2.45, 2.75) is 6.92 Å². The Hall–Kier alpha value is 0.0500. The Morgan fingerprint density at radius 1 is 1.58 bits per heavy atom. The van der Waals surface area contributed by atoms with Crippen molar-refractivity contribution in [1.82, 2.24) is 4.98 Å². The van der Waals surface area contributed by atoms with Gasteiger partial charge in [0.05, 0.1) is 0 Å². The van der Waals surface area contributed by atoms with E-state index in [2.05, 4.69) is 4.98 Å². The van der Waals surface area contributed by atoms with E-state index in [-0.39, 0.29) is 0 Å². The largest absolute Gasteiger partial charge is 0.503 e. The third-order valence-electron chi connectivity index (χ3n) is 0.946. The van der Waals surface area contributed by atoms with Crippen LogP contribution < -0.4 is 27.9 Å². The van der Waals surface area contributed by atoms with Gasteiger partial charge in [-0.15, -0.1) is 0 Å². The summed E-state index contributed by atoms with van der Waals surface area (Å²) in [5.41, 5.74) is 1.02. The number of nitrogens with zero attached hydrogens (tertiary/aromatic N) is 1. The molecule has 0 amide bonds. The highest BCUT2D eigenvalue weighted by atomic mass is 127. The maximum atomic E-state index is 8.68. The molecule has 0 aliphatic rings. The molecule has 1 heterocycles. The van der Waals surface area contributed by atoms with Gasteiger partial charge in [-0.05, 0) is 22.0 Å². The van der Waals surface area contributed by atoms with Crippen LogP contribution in [0.4, 0.5) is 0 Å². The molecule has 0 unspecified atom stereocenters. The van der Waals surface area contributed by atoms with E-state index in [0.29, 0.717) is 5.15 Å². The predicted molar refractivity (Wildman–Crippen MR) is 36.2 cm³/mol. The van der Waals surface area contributed by atoms with Crippen molar-refractivity contribution in [3.05, 3.63) is 29.0 Å². The maximum Gasteiger partial charge on any atom is 0.503 e. The lowest BCUT2D eigenvalue weighted by atomic mass is 10.3. The van der Waals surface area contributed by atoms with E-state index in [0.717, 1.165) is 5.56 Å². The molecule has 68 valence electrons. The lowest BCUT2D eigenvalue weighted by Gasteiger charge is -1.89. The van der Waals surface area contributed by atoms with Crippen LogP contribution in [0.15, 0.2) is 18.3 Å². The topological polar surface area (TPSA) is 79.2 Å². The highest BCUT2D eigenvalue weighted by Crippen LogP contribution is 2.07. The van der Waals surface area contributed by atoms with E-state index < -0.39 is 21.1 Å². The molecule has 1 N–H and O–H groups in total. The number of pyridine rings is 1. The van der Waals surface area contributed by atoms with Gasteiger partial charge in [-0.2, -0.15) is 0 Å². The summed E-state index contributed by atoms with van der Waals surface area (Å²) in [4.78, 5) is 3.84. The van der Waals surface area contributed by atoms with Crippen molar-refractivity contribution in [3.8, 4) is 0 Å². The van der Waals surface area contributed by atoms with Gasteiger partial charge in [0.25, 0.3) is 0 Å². The third kappa shape index (κ3) is 6.74. The van der Waals surface area contributed by atoms with E-state index >= 15 is 0 Å². The Labute approximate surface area is 83.9 Å². The van der Waals surface area contributed by atoms with E-state index in [1.807, 2.05) is 19.1 Å². The van der Waals surface area contributed by atoms with Crippen LogP contribution in [-0.2, 0) is 0 Å². The second-order valence-electron chi connectivity index (χ2n) is 1.81. The van der Waals surface area contributed by atoms with Gasteiger partial charge < -0.3 is 6.87 Å². The highest BCUT2D eigenvalue weighted by Gasteiger charge is 1.90. The number of rotatable bonds is 0. The normalized spacial score (nSPS) is 9.17. The molecule has 0 saturated carbocycles. The van der Waals surface area contributed by atoms with Crippen LogP contribution in [0.25, 0.3) is 0 Å². The fourth-order valence-corrected chi connectivity index (χ4v) is 0.586. The molecule has 1 aromatic heterocycles. The SMILES string of the molecule is Cc1cccnc1Cl.[O-][I+2]([O-])O. The van der Waals surface area contributed by atoms with Gasteiger partial charge in [0.2, 0.25) is 0 Å². The summed E-state index contributed by atoms with van der Waals surface area (Å²) in [5, 5.41) is 0.590. The molecule has 0 aromatic carbocycles. The van der Waals surface area contributed by atoms with Gasteiger partial charge in [-0.25, -0.2) is 4.98 Å². The Balaban J connectivity index is 0.000000261. The van der Waals surface area contributed by atoms with E-state index in [4.69, 9.17) is 21.9 Å². The molecular formula is C6H7ClINO3. The van der Waals surface area contributed by atoms with E-state index in [9.17, 15) is 0 Å². The molecule has 0 aliphatic carbocycles. The first-order valence-electron chi connectivity index (χ1n) is 2.85. The standard InChI is InChI=1S/C6H6ClN.HIO3/c1-5-3-2-4-8-6(5)7;2-1(3)4/h2-4H,1H3;2H. The molecular weight excluding hydrogens is 296 g/mol. The minimum atomic E-state index is -3.76. The molecule has 0 bridgehead atoms. The van der Waals surface area contributed by atoms with Gasteiger partial charge in [0.1, 0.15) is 5.15 Å². The average Bonchev–Trinajstić information content (AvgIpc) is 1.94. The van der Waals surface area contributed by atoms with Crippen LogP contribution in [0.2, 0.25) is 5.15 Å². The smallest absolute Gasteiger partial charge is 0.396 e. The molecule has 12 heavy (non-hydrogen) atoms. The average molecular weight is 303 g/mol. The first kappa shape index (κ1) is 12.0. The third-order valence-corrected chi connectivity index (χ3v) is 1.34. The molecule has 0 aliphatic heterocycles. The summed E-state index contributed by atoms with van der Waals surface area (Å²) in [6.45, 7) is 1.93. The molecule has 0 saturated heterocycles. The Kier molecular flexibility index (Phi) is 6.58. The Morgan fingerprint density at radius 2 is 2.08 bits per heavy atom. The first-order chi connectivity index (χ1) is 5.54. The molecule has 0 radical (unpaired) electrons. The minimum absolute atomic E-state index is 0.590. The minimum Gasteiger partial charge on any atom is -0.396 e. The Morgan fingerprint density at radius 3 is 2.33 bits per heavy atom. The second-order valence-corrected chi connectivity index (χ2v) is 3.32. The zero-order chi connectivity index (χ0) is 9.56. The first-order valence-corrected chi connectivity index (χ1v) is 5.96. The fraction of sp³-hybridized carbons (Fsp3) is 0.167. The summed E-state index contributed by atoms with van der Waals surface area (Å²) in [7, 11) is 0. The van der Waals surface area contributed by atoms with Crippen molar-refractivity contribution in [2.24, 2.45) is 0 Å². The quantitative estimate of drug-likeness (QED) is 0.393. The Bertz CT molecular complexity index is 210. The molecule has 1 aromatic rings. The van der Waals surface area contributed by atoms with Gasteiger partial charge in [0, 0.05) is 6.20 Å². The zero-order valence-electron chi connectivity index (χ0n) is 6.20. The second kappa shape index (κ2) is 6.55. The number of hydrogen-bond donors (Lipinski definition) is 1. The maximum absolute atomic E-state index is 8.68. The number of hydrogen-bond acceptors (Lipinski definition) is 4. The summed E-state index contributed by atoms with van der Waals surface area (Å²) < 4.78 is 24.5. The molecule has 0 spiro atoms. The van der Waals surface area contributed by atoms with Crippen molar-refractivity contribution >= 4 is 11.6 Å². The summed E-state index contributed by atoms with van der Waals surface area (Å²) in [6.07, 6.45) is 1.68. The number of halogens is 2. The van der Waals surface area contributed by atoms with Crippen LogP contribution in [0.1, 0.15) is 5.56 Å². The van der Waals surface area contributed by atoms with Crippen LogP contribution in [0.5, 0.6) is 0 Å². The van der Waals surface area contributed by atoms with Crippen molar-refractivity contribution in [3.63, 3.8) is 0 Å². The molecule has 1 rings (SSSR count). The van der Waals surface area contributed by atoms with Crippen LogP contribution >= 0.6 is 11.6 Å². The zero-order valence-corrected chi connectivity index (χ0v) is 9.11. The number of aromatic nitrogens is 1. The monoisotopic (exact) mass is 303 g/mol. The fourth-order valence-electron chi connectivity index (χ4n) is 0.466. The van der Waals surface area contributed by atoms with Gasteiger partial charge >= 0.3 is 21.1 Å². The molecule has 4 nitrogen and oxygen atoms in total. The van der Waals surface area contributed by atoms with Crippen molar-refractivity contribution in [2.75, 3.05) is 0 Å².